The van der Waals surface area contributed by atoms with Crippen LogP contribution in [0.2, 0.25) is 5.02 Å². The fraction of sp³-hybridized carbons (Fsp3) is 0.286. The molecule has 0 atom stereocenters. The third kappa shape index (κ3) is 4.59. The summed E-state index contributed by atoms with van der Waals surface area (Å²) in [6, 6.07) is 3.10. The maximum absolute atomic E-state index is 11.5. The molecule has 5 nitrogen and oxygen atoms in total. The van der Waals surface area contributed by atoms with Crippen LogP contribution < -0.4 is 11.1 Å². The molecule has 1 rings (SSSR count). The first-order chi connectivity index (χ1) is 9.45. The number of hydrogen-bond acceptors (Lipinski definition) is 4. The van der Waals surface area contributed by atoms with Gasteiger partial charge < -0.3 is 15.8 Å². The lowest BCUT2D eigenvalue weighted by Gasteiger charge is -2.07. The van der Waals surface area contributed by atoms with E-state index in [0.717, 1.165) is 0 Å². The number of esters is 1. The molecule has 0 saturated heterocycles. The summed E-state index contributed by atoms with van der Waals surface area (Å²) < 4.78 is 4.65. The van der Waals surface area contributed by atoms with E-state index in [1.54, 1.807) is 12.1 Å². The Morgan fingerprint density at radius 2 is 2.15 bits per heavy atom. The van der Waals surface area contributed by atoms with Crippen LogP contribution in [-0.2, 0) is 9.53 Å². The first-order valence-corrected chi connectivity index (χ1v) is 6.41. The topological polar surface area (TPSA) is 81.4 Å². The average Bonchev–Trinajstić information content (AvgIpc) is 2.39. The first-order valence-electron chi connectivity index (χ1n) is 6.04. The molecule has 3 N–H and O–H groups in total. The molecule has 0 spiro atoms. The fourth-order valence-corrected chi connectivity index (χ4v) is 1.80. The Balaban J connectivity index is 2.81. The van der Waals surface area contributed by atoms with Crippen molar-refractivity contribution in [3.63, 3.8) is 0 Å². The van der Waals surface area contributed by atoms with Gasteiger partial charge in [0.2, 0.25) is 5.91 Å². The highest BCUT2D eigenvalue weighted by atomic mass is 35.5. The number of anilines is 1. The molecule has 0 aliphatic rings. The van der Waals surface area contributed by atoms with Crippen molar-refractivity contribution in [1.82, 2.24) is 5.32 Å². The lowest BCUT2D eigenvalue weighted by molar-refractivity contribution is -0.118. The van der Waals surface area contributed by atoms with Crippen LogP contribution in [0.25, 0.3) is 6.08 Å². The number of nitrogens with one attached hydrogen (secondary N) is 1. The van der Waals surface area contributed by atoms with Crippen molar-refractivity contribution in [3.05, 3.63) is 34.4 Å². The molecule has 1 amide bonds. The number of hydrogen-bond donors (Lipinski definition) is 2. The van der Waals surface area contributed by atoms with Crippen LogP contribution in [0.15, 0.2) is 18.2 Å². The molecule has 0 heterocycles. The number of benzene rings is 1. The van der Waals surface area contributed by atoms with Gasteiger partial charge in [0.05, 0.1) is 12.7 Å². The summed E-state index contributed by atoms with van der Waals surface area (Å²) in [6.45, 7) is 2.01. The molecule has 0 unspecified atom stereocenters. The van der Waals surface area contributed by atoms with Gasteiger partial charge in [0.15, 0.2) is 0 Å². The predicted molar refractivity (Wildman–Crippen MR) is 79.5 cm³/mol. The molecule has 0 radical (unpaired) electrons. The minimum absolute atomic E-state index is 0.0723. The standard InChI is InChI=1S/C14H17ClN2O3/c1-9(18)17-6-4-3-5-10-7-11(14(19)20-2)13(16)8-12(10)15/h3,5,7-8H,4,6,16H2,1-2H3,(H,17,18). The second kappa shape index (κ2) is 7.55. The Labute approximate surface area is 122 Å². The zero-order chi connectivity index (χ0) is 15.1. The van der Waals surface area contributed by atoms with Crippen LogP contribution in [0.4, 0.5) is 5.69 Å². The van der Waals surface area contributed by atoms with Crippen molar-refractivity contribution >= 4 is 35.2 Å². The van der Waals surface area contributed by atoms with E-state index in [-0.39, 0.29) is 17.2 Å². The molecule has 6 heteroatoms. The van der Waals surface area contributed by atoms with Crippen molar-refractivity contribution in [1.29, 1.82) is 0 Å². The highest BCUT2D eigenvalue weighted by Gasteiger charge is 2.12. The number of nitrogens with two attached hydrogens (primary N) is 1. The summed E-state index contributed by atoms with van der Waals surface area (Å²) in [5.74, 6) is -0.580. The van der Waals surface area contributed by atoms with E-state index in [0.29, 0.717) is 23.6 Å². The fourth-order valence-electron chi connectivity index (χ4n) is 1.56. The molecule has 0 fully saturated rings. The van der Waals surface area contributed by atoms with Crippen molar-refractivity contribution in [2.24, 2.45) is 0 Å². The maximum Gasteiger partial charge on any atom is 0.339 e. The van der Waals surface area contributed by atoms with Crippen LogP contribution in [-0.4, -0.2) is 25.5 Å². The van der Waals surface area contributed by atoms with Crippen molar-refractivity contribution in [3.8, 4) is 0 Å². The molecule has 20 heavy (non-hydrogen) atoms. The molecule has 0 aliphatic carbocycles. The summed E-state index contributed by atoms with van der Waals surface area (Å²) in [5.41, 5.74) is 6.94. The molecule has 0 aromatic heterocycles. The summed E-state index contributed by atoms with van der Waals surface area (Å²) in [6.07, 6.45) is 4.29. The Kier molecular flexibility index (Phi) is 6.06. The number of ether oxygens (including phenoxy) is 1. The van der Waals surface area contributed by atoms with E-state index in [1.165, 1.54) is 20.1 Å². The monoisotopic (exact) mass is 296 g/mol. The molecular formula is C14H17ClN2O3. The quantitative estimate of drug-likeness (QED) is 0.496. The normalized spacial score (nSPS) is 10.6. The Morgan fingerprint density at radius 3 is 2.75 bits per heavy atom. The zero-order valence-electron chi connectivity index (χ0n) is 11.4. The molecule has 1 aromatic carbocycles. The number of amides is 1. The van der Waals surface area contributed by atoms with Crippen LogP contribution in [0.3, 0.4) is 0 Å². The van der Waals surface area contributed by atoms with E-state index >= 15 is 0 Å². The molecule has 1 aromatic rings. The van der Waals surface area contributed by atoms with Gasteiger partial charge in [-0.1, -0.05) is 23.8 Å². The summed E-state index contributed by atoms with van der Waals surface area (Å²) in [4.78, 5) is 22.2. The van der Waals surface area contributed by atoms with E-state index in [2.05, 4.69) is 10.1 Å². The van der Waals surface area contributed by atoms with Gasteiger partial charge in [0.25, 0.3) is 0 Å². The molecule has 108 valence electrons. The molecule has 0 aliphatic heterocycles. The van der Waals surface area contributed by atoms with Gasteiger partial charge in [-0.25, -0.2) is 4.79 Å². The average molecular weight is 297 g/mol. The van der Waals surface area contributed by atoms with Crippen LogP contribution in [0.5, 0.6) is 0 Å². The van der Waals surface area contributed by atoms with E-state index < -0.39 is 5.97 Å². The molecule has 0 saturated carbocycles. The van der Waals surface area contributed by atoms with Gasteiger partial charge in [-0.05, 0) is 24.1 Å². The minimum Gasteiger partial charge on any atom is -0.465 e. The second-order valence-electron chi connectivity index (χ2n) is 4.13. The first kappa shape index (κ1) is 16.0. The van der Waals surface area contributed by atoms with Crippen molar-refractivity contribution in [2.75, 3.05) is 19.4 Å². The highest BCUT2D eigenvalue weighted by Crippen LogP contribution is 2.25. The summed E-state index contributed by atoms with van der Waals surface area (Å²) in [7, 11) is 1.29. The Bertz CT molecular complexity index is 541. The smallest absolute Gasteiger partial charge is 0.339 e. The lowest BCUT2D eigenvalue weighted by Crippen LogP contribution is -2.20. The van der Waals surface area contributed by atoms with Crippen LogP contribution >= 0.6 is 11.6 Å². The number of carbonyl (C=O) groups is 2. The van der Waals surface area contributed by atoms with E-state index in [1.807, 2.05) is 6.08 Å². The number of nitrogen functional groups attached to an aromatic ring is 1. The third-order valence-electron chi connectivity index (χ3n) is 2.56. The number of carbonyl (C=O) groups excluding carboxylic acids is 2. The van der Waals surface area contributed by atoms with Gasteiger partial charge in [0.1, 0.15) is 0 Å². The van der Waals surface area contributed by atoms with E-state index in [4.69, 9.17) is 17.3 Å². The number of rotatable bonds is 5. The number of halogens is 1. The maximum atomic E-state index is 11.5. The minimum atomic E-state index is -0.507. The second-order valence-corrected chi connectivity index (χ2v) is 4.53. The largest absolute Gasteiger partial charge is 0.465 e. The Morgan fingerprint density at radius 1 is 1.45 bits per heavy atom. The Hall–Kier alpha value is -2.01. The summed E-state index contributed by atoms with van der Waals surface area (Å²) in [5, 5.41) is 3.13. The van der Waals surface area contributed by atoms with Crippen molar-refractivity contribution < 1.29 is 14.3 Å². The van der Waals surface area contributed by atoms with Crippen molar-refractivity contribution in [2.45, 2.75) is 13.3 Å². The van der Waals surface area contributed by atoms with Gasteiger partial charge in [-0.2, -0.15) is 0 Å². The van der Waals surface area contributed by atoms with Crippen LogP contribution in [0, 0.1) is 0 Å². The van der Waals surface area contributed by atoms with Crippen LogP contribution in [0.1, 0.15) is 29.3 Å². The van der Waals surface area contributed by atoms with Gasteiger partial charge in [-0.3, -0.25) is 4.79 Å². The van der Waals surface area contributed by atoms with Gasteiger partial charge in [0, 0.05) is 24.2 Å². The number of methoxy groups -OCH3 is 1. The summed E-state index contributed by atoms with van der Waals surface area (Å²) >= 11 is 6.06. The van der Waals surface area contributed by atoms with E-state index in [9.17, 15) is 9.59 Å². The molecular weight excluding hydrogens is 280 g/mol. The zero-order valence-corrected chi connectivity index (χ0v) is 12.2. The molecule has 0 bridgehead atoms. The predicted octanol–water partition coefficient (Wildman–Crippen LogP) is 2.25. The SMILES string of the molecule is COC(=O)c1cc(C=CCCNC(C)=O)c(Cl)cc1N. The third-order valence-corrected chi connectivity index (χ3v) is 2.88. The van der Waals surface area contributed by atoms with Gasteiger partial charge >= 0.3 is 5.97 Å². The lowest BCUT2D eigenvalue weighted by atomic mass is 10.1. The van der Waals surface area contributed by atoms with Gasteiger partial charge in [-0.15, -0.1) is 0 Å². The highest BCUT2D eigenvalue weighted by molar-refractivity contribution is 6.32.